The van der Waals surface area contributed by atoms with Gasteiger partial charge >= 0.3 is 0 Å². The third-order valence-corrected chi connectivity index (χ3v) is 3.94. The average Bonchev–Trinajstić information content (AvgIpc) is 3.08. The van der Waals surface area contributed by atoms with Crippen LogP contribution in [0.4, 0.5) is 0 Å². The number of aromatic nitrogens is 3. The molecule has 0 bridgehead atoms. The number of aromatic amines is 1. The van der Waals surface area contributed by atoms with E-state index in [1.54, 1.807) is 11.3 Å². The largest absolute Gasteiger partial charge is 0.494 e. The molecule has 2 heterocycles. The molecular weight excluding hydrogens is 290 g/mol. The summed E-state index contributed by atoms with van der Waals surface area (Å²) < 4.78 is 8.03. The van der Waals surface area contributed by atoms with Gasteiger partial charge in [-0.15, -0.1) is 11.3 Å². The zero-order valence-corrected chi connectivity index (χ0v) is 12.5. The summed E-state index contributed by atoms with van der Waals surface area (Å²) in [5.41, 5.74) is 0.943. The summed E-state index contributed by atoms with van der Waals surface area (Å²) in [6.07, 6.45) is 0. The summed E-state index contributed by atoms with van der Waals surface area (Å²) in [4.78, 5) is 1.07. The first-order valence-corrected chi connectivity index (χ1v) is 7.53. The first kappa shape index (κ1) is 13.1. The molecule has 0 spiro atoms. The Kier molecular flexibility index (Phi) is 3.66. The average molecular weight is 303 g/mol. The lowest BCUT2D eigenvalue weighted by Gasteiger charge is -2.08. The van der Waals surface area contributed by atoms with E-state index >= 15 is 0 Å². The van der Waals surface area contributed by atoms with E-state index in [1.165, 1.54) is 0 Å². The van der Waals surface area contributed by atoms with Crippen LogP contribution in [-0.4, -0.2) is 21.4 Å². The molecule has 102 valence electrons. The summed E-state index contributed by atoms with van der Waals surface area (Å²) in [6, 6.07) is 11.9. The zero-order valence-electron chi connectivity index (χ0n) is 10.9. The standard InChI is InChI=1S/C14H13N3OS2/c1-2-18-11-6-3-5-10(9-11)17-13(15-16-14(17)19)12-7-4-8-20-12/h3-9H,2H2,1H3,(H,16,19). The Bertz CT molecular complexity index is 759. The molecule has 1 N–H and O–H groups in total. The minimum atomic E-state index is 0.571. The molecule has 6 heteroatoms. The predicted molar refractivity (Wildman–Crippen MR) is 83.2 cm³/mol. The molecule has 3 aromatic rings. The molecule has 0 saturated carbocycles. The van der Waals surface area contributed by atoms with Crippen molar-refractivity contribution >= 4 is 23.6 Å². The molecule has 0 fully saturated rings. The minimum Gasteiger partial charge on any atom is -0.494 e. The second-order valence-corrected chi connectivity index (χ2v) is 5.43. The monoisotopic (exact) mass is 303 g/mol. The summed E-state index contributed by atoms with van der Waals surface area (Å²) in [6.45, 7) is 2.60. The number of hydrogen-bond donors (Lipinski definition) is 1. The van der Waals surface area contributed by atoms with Gasteiger partial charge in [0.15, 0.2) is 10.6 Å². The van der Waals surface area contributed by atoms with Crippen molar-refractivity contribution in [2.24, 2.45) is 0 Å². The Morgan fingerprint density at radius 2 is 2.25 bits per heavy atom. The molecule has 3 rings (SSSR count). The van der Waals surface area contributed by atoms with Crippen LogP contribution in [0, 0.1) is 4.77 Å². The lowest BCUT2D eigenvalue weighted by molar-refractivity contribution is 0.340. The smallest absolute Gasteiger partial charge is 0.200 e. The molecule has 1 aromatic carbocycles. The second kappa shape index (κ2) is 5.60. The van der Waals surface area contributed by atoms with Gasteiger partial charge in [0, 0.05) is 6.07 Å². The van der Waals surface area contributed by atoms with Crippen molar-refractivity contribution in [2.75, 3.05) is 6.61 Å². The SMILES string of the molecule is CCOc1cccc(-n2c(-c3cccs3)n[nH]c2=S)c1. The summed E-state index contributed by atoms with van der Waals surface area (Å²) in [5.74, 6) is 1.64. The molecule has 0 aliphatic rings. The number of nitrogens with one attached hydrogen (secondary N) is 1. The fraction of sp³-hybridized carbons (Fsp3) is 0.143. The third kappa shape index (κ3) is 2.39. The Morgan fingerprint density at radius 3 is 3.00 bits per heavy atom. The van der Waals surface area contributed by atoms with Crippen LogP contribution < -0.4 is 4.74 Å². The Hall–Kier alpha value is -1.92. The number of ether oxygens (including phenoxy) is 1. The zero-order chi connectivity index (χ0) is 13.9. The minimum absolute atomic E-state index is 0.571. The van der Waals surface area contributed by atoms with E-state index in [0.717, 1.165) is 22.1 Å². The van der Waals surface area contributed by atoms with E-state index in [9.17, 15) is 0 Å². The number of rotatable bonds is 4. The maximum absolute atomic E-state index is 5.54. The highest BCUT2D eigenvalue weighted by Crippen LogP contribution is 2.26. The topological polar surface area (TPSA) is 42.8 Å². The number of nitrogens with zero attached hydrogens (tertiary/aromatic N) is 2. The lowest BCUT2D eigenvalue weighted by atomic mass is 10.3. The number of benzene rings is 1. The van der Waals surface area contributed by atoms with Gasteiger partial charge in [-0.05, 0) is 42.7 Å². The van der Waals surface area contributed by atoms with E-state index in [1.807, 2.05) is 53.3 Å². The van der Waals surface area contributed by atoms with E-state index in [0.29, 0.717) is 11.4 Å². The van der Waals surface area contributed by atoms with Crippen LogP contribution in [0.15, 0.2) is 41.8 Å². The normalized spacial score (nSPS) is 10.7. The Morgan fingerprint density at radius 1 is 1.35 bits per heavy atom. The molecule has 0 aliphatic heterocycles. The van der Waals surface area contributed by atoms with Gasteiger partial charge in [0.2, 0.25) is 0 Å². The molecule has 0 unspecified atom stereocenters. The summed E-state index contributed by atoms with van der Waals surface area (Å²) in [7, 11) is 0. The summed E-state index contributed by atoms with van der Waals surface area (Å²) in [5, 5.41) is 9.20. The summed E-state index contributed by atoms with van der Waals surface area (Å²) >= 11 is 6.98. The number of hydrogen-bond acceptors (Lipinski definition) is 4. The Balaban J connectivity index is 2.13. The first-order chi connectivity index (χ1) is 9.79. The molecule has 2 aromatic heterocycles. The van der Waals surface area contributed by atoms with Crippen LogP contribution in [0.3, 0.4) is 0 Å². The first-order valence-electron chi connectivity index (χ1n) is 6.24. The van der Waals surface area contributed by atoms with Crippen LogP contribution in [0.25, 0.3) is 16.4 Å². The highest BCUT2D eigenvalue weighted by Gasteiger charge is 2.11. The van der Waals surface area contributed by atoms with Crippen LogP contribution >= 0.6 is 23.6 Å². The molecular formula is C14H13N3OS2. The van der Waals surface area contributed by atoms with E-state index in [2.05, 4.69) is 10.2 Å². The molecule has 20 heavy (non-hydrogen) atoms. The molecule has 4 nitrogen and oxygen atoms in total. The van der Waals surface area contributed by atoms with Gasteiger partial charge in [0.25, 0.3) is 0 Å². The van der Waals surface area contributed by atoms with Crippen LogP contribution in [0.5, 0.6) is 5.75 Å². The maximum Gasteiger partial charge on any atom is 0.200 e. The highest BCUT2D eigenvalue weighted by molar-refractivity contribution is 7.71. The van der Waals surface area contributed by atoms with Gasteiger partial charge in [0.1, 0.15) is 5.75 Å². The van der Waals surface area contributed by atoms with Crippen molar-refractivity contribution in [3.63, 3.8) is 0 Å². The fourth-order valence-corrected chi connectivity index (χ4v) is 2.93. The lowest BCUT2D eigenvalue weighted by Crippen LogP contribution is -1.98. The number of H-pyrrole nitrogens is 1. The van der Waals surface area contributed by atoms with Crippen LogP contribution in [-0.2, 0) is 0 Å². The molecule has 0 aliphatic carbocycles. The van der Waals surface area contributed by atoms with E-state index < -0.39 is 0 Å². The van der Waals surface area contributed by atoms with Gasteiger partial charge in [-0.3, -0.25) is 9.67 Å². The van der Waals surface area contributed by atoms with Crippen LogP contribution in [0.1, 0.15) is 6.92 Å². The molecule has 0 atom stereocenters. The van der Waals surface area contributed by atoms with Crippen molar-refractivity contribution in [3.05, 3.63) is 46.5 Å². The van der Waals surface area contributed by atoms with Gasteiger partial charge < -0.3 is 4.74 Å². The number of thiophene rings is 1. The van der Waals surface area contributed by atoms with Gasteiger partial charge in [-0.25, -0.2) is 0 Å². The van der Waals surface area contributed by atoms with E-state index in [4.69, 9.17) is 17.0 Å². The quantitative estimate of drug-likeness (QED) is 0.739. The van der Waals surface area contributed by atoms with Gasteiger partial charge in [0.05, 0.1) is 17.2 Å². The fourth-order valence-electron chi connectivity index (χ4n) is 1.99. The molecule has 0 amide bonds. The van der Waals surface area contributed by atoms with Crippen molar-refractivity contribution in [1.82, 2.24) is 14.8 Å². The second-order valence-electron chi connectivity index (χ2n) is 4.10. The van der Waals surface area contributed by atoms with Crippen molar-refractivity contribution in [1.29, 1.82) is 0 Å². The molecule has 0 radical (unpaired) electrons. The van der Waals surface area contributed by atoms with E-state index in [-0.39, 0.29) is 0 Å². The van der Waals surface area contributed by atoms with Gasteiger partial charge in [-0.2, -0.15) is 5.10 Å². The predicted octanol–water partition coefficient (Wildman–Crippen LogP) is 4.06. The molecule has 0 saturated heterocycles. The van der Waals surface area contributed by atoms with Gasteiger partial charge in [-0.1, -0.05) is 12.1 Å². The van der Waals surface area contributed by atoms with Crippen LogP contribution in [0.2, 0.25) is 0 Å². The van der Waals surface area contributed by atoms with Crippen molar-refractivity contribution < 1.29 is 4.74 Å². The third-order valence-electron chi connectivity index (χ3n) is 2.80. The Labute approximate surface area is 125 Å². The van der Waals surface area contributed by atoms with Crippen molar-refractivity contribution in [2.45, 2.75) is 6.92 Å². The highest BCUT2D eigenvalue weighted by atomic mass is 32.1. The maximum atomic E-state index is 5.54. The van der Waals surface area contributed by atoms with Crippen molar-refractivity contribution in [3.8, 4) is 22.1 Å².